The molecule has 4 fully saturated rings. The Hall–Kier alpha value is -4.91. The minimum atomic E-state index is -1.25. The van der Waals surface area contributed by atoms with Crippen LogP contribution in [0.3, 0.4) is 0 Å². The van der Waals surface area contributed by atoms with Crippen LogP contribution < -0.4 is 15.5 Å². The Kier molecular flexibility index (Phi) is 9.14. The van der Waals surface area contributed by atoms with Crippen molar-refractivity contribution in [2.75, 3.05) is 50.5 Å². The number of imide groups is 1. The molecular formula is C39H46FN9O3. The smallest absolute Gasteiger partial charge is 0.270 e. The van der Waals surface area contributed by atoms with Crippen molar-refractivity contribution >= 4 is 46.2 Å². The second-order valence-electron chi connectivity index (χ2n) is 15.2. The molecule has 3 aromatic heterocycles. The third-order valence-electron chi connectivity index (χ3n) is 11.5. The molecule has 0 spiro atoms. The van der Waals surface area contributed by atoms with Crippen LogP contribution in [0.2, 0.25) is 0 Å². The van der Waals surface area contributed by atoms with Crippen LogP contribution in [-0.2, 0) is 16.0 Å². The Morgan fingerprint density at radius 2 is 1.73 bits per heavy atom. The molecule has 1 aromatic carbocycles. The van der Waals surface area contributed by atoms with E-state index in [1.807, 2.05) is 48.7 Å². The SMILES string of the molecule is CN(C)C(=O)c1cc2cnc(Nc3ccc(N4CC(N5CCC(F)(Cc6ccc(C7CCC(=O)NC7=O)cc6)CC5)C4)cn3)nc2n1C1CCCC1. The first kappa shape index (κ1) is 34.2. The number of fused-ring (bicyclic) bond motifs is 1. The summed E-state index contributed by atoms with van der Waals surface area (Å²) >= 11 is 0. The summed E-state index contributed by atoms with van der Waals surface area (Å²) in [5.74, 6) is 0.251. The number of benzene rings is 1. The molecule has 0 bridgehead atoms. The van der Waals surface area contributed by atoms with E-state index in [1.165, 1.54) is 0 Å². The highest BCUT2D eigenvalue weighted by atomic mass is 19.1. The molecule has 3 aliphatic heterocycles. The summed E-state index contributed by atoms with van der Waals surface area (Å²) in [6.07, 6.45) is 10.2. The van der Waals surface area contributed by atoms with Crippen molar-refractivity contribution in [2.24, 2.45) is 0 Å². The number of hydrogen-bond donors (Lipinski definition) is 2. The summed E-state index contributed by atoms with van der Waals surface area (Å²) in [6, 6.07) is 14.2. The van der Waals surface area contributed by atoms with Crippen molar-refractivity contribution in [3.8, 4) is 0 Å². The predicted molar refractivity (Wildman–Crippen MR) is 196 cm³/mol. The Bertz CT molecular complexity index is 1960. The first-order chi connectivity index (χ1) is 25.1. The third kappa shape index (κ3) is 6.85. The predicted octanol–water partition coefficient (Wildman–Crippen LogP) is 5.14. The standard InChI is InChI=1S/C39H46FN9O3/c1-46(2)37(52)32-19-27-21-42-38(45-35(27)49(32)28-5-3-4-6-28)43-33-13-11-29(22-41-33)48-23-30(24-48)47-17-15-39(40,16-18-47)20-25-7-9-26(10-8-25)31-12-14-34(50)44-36(31)51/h7-11,13,19,21-22,28,30-31H,3-6,12,14-18,20,23-24H2,1-2H3,(H,44,50,51)(H,41,42,43,45). The highest BCUT2D eigenvalue weighted by molar-refractivity contribution is 6.01. The van der Waals surface area contributed by atoms with Gasteiger partial charge in [0, 0.05) is 76.8 Å². The van der Waals surface area contributed by atoms with E-state index >= 15 is 4.39 Å². The highest BCUT2D eigenvalue weighted by Crippen LogP contribution is 2.36. The first-order valence-electron chi connectivity index (χ1n) is 18.6. The van der Waals surface area contributed by atoms with Gasteiger partial charge in [-0.3, -0.25) is 24.6 Å². The lowest BCUT2D eigenvalue weighted by molar-refractivity contribution is -0.134. The zero-order valence-corrected chi connectivity index (χ0v) is 29.9. The maximum absolute atomic E-state index is 16.0. The summed E-state index contributed by atoms with van der Waals surface area (Å²) in [4.78, 5) is 57.1. The van der Waals surface area contributed by atoms with Crippen molar-refractivity contribution in [3.05, 3.63) is 71.7 Å². The van der Waals surface area contributed by atoms with Gasteiger partial charge in [0.1, 0.15) is 22.8 Å². The fraction of sp³-hybridized carbons (Fsp3) is 0.487. The Morgan fingerprint density at radius 1 is 0.981 bits per heavy atom. The normalized spacial score (nSPS) is 21.3. The van der Waals surface area contributed by atoms with Crippen LogP contribution in [0, 0.1) is 0 Å². The number of aromatic nitrogens is 4. The van der Waals surface area contributed by atoms with Crippen LogP contribution in [0.15, 0.2) is 54.9 Å². The molecule has 4 aliphatic rings. The number of nitrogens with one attached hydrogen (secondary N) is 2. The molecule has 0 radical (unpaired) electrons. The summed E-state index contributed by atoms with van der Waals surface area (Å²) in [7, 11) is 3.55. The minimum Gasteiger partial charge on any atom is -0.367 e. The first-order valence-corrected chi connectivity index (χ1v) is 18.6. The number of rotatable bonds is 9. The van der Waals surface area contributed by atoms with Gasteiger partial charge in [0.25, 0.3) is 5.91 Å². The van der Waals surface area contributed by atoms with Gasteiger partial charge in [-0.25, -0.2) is 14.4 Å². The van der Waals surface area contributed by atoms with Crippen LogP contribution in [0.4, 0.5) is 21.8 Å². The number of pyridine rings is 1. The summed E-state index contributed by atoms with van der Waals surface area (Å²) in [5, 5.41) is 6.51. The van der Waals surface area contributed by atoms with Crippen molar-refractivity contribution in [3.63, 3.8) is 0 Å². The molecule has 1 atom stereocenters. The maximum atomic E-state index is 16.0. The van der Waals surface area contributed by atoms with E-state index in [-0.39, 0.29) is 29.7 Å². The fourth-order valence-electron chi connectivity index (χ4n) is 8.36. The van der Waals surface area contributed by atoms with Gasteiger partial charge in [-0.15, -0.1) is 0 Å². The van der Waals surface area contributed by atoms with Crippen molar-refractivity contribution in [2.45, 2.75) is 81.5 Å². The summed E-state index contributed by atoms with van der Waals surface area (Å²) in [5.41, 5.74) is 3.01. The largest absolute Gasteiger partial charge is 0.367 e. The number of nitrogens with zero attached hydrogens (tertiary/aromatic N) is 7. The molecule has 3 amide bonds. The Balaban J connectivity index is 0.836. The highest BCUT2D eigenvalue weighted by Gasteiger charge is 2.40. The molecule has 1 aliphatic carbocycles. The molecule has 2 N–H and O–H groups in total. The third-order valence-corrected chi connectivity index (χ3v) is 11.5. The zero-order valence-electron chi connectivity index (χ0n) is 29.9. The van der Waals surface area contributed by atoms with Gasteiger partial charge in [-0.1, -0.05) is 37.1 Å². The molecule has 6 heterocycles. The summed E-state index contributed by atoms with van der Waals surface area (Å²) < 4.78 is 18.1. The summed E-state index contributed by atoms with van der Waals surface area (Å²) in [6.45, 7) is 3.20. The van der Waals surface area contributed by atoms with Gasteiger partial charge in [0.05, 0.1) is 17.8 Å². The van der Waals surface area contributed by atoms with E-state index < -0.39 is 5.67 Å². The molecule has 3 saturated heterocycles. The van der Waals surface area contributed by atoms with Crippen molar-refractivity contribution in [1.29, 1.82) is 0 Å². The lowest BCUT2D eigenvalue weighted by Crippen LogP contribution is -2.62. The van der Waals surface area contributed by atoms with Crippen LogP contribution in [0.25, 0.3) is 11.0 Å². The molecule has 12 nitrogen and oxygen atoms in total. The molecule has 13 heteroatoms. The van der Waals surface area contributed by atoms with Crippen LogP contribution in [0.1, 0.15) is 84.9 Å². The molecule has 1 saturated carbocycles. The van der Waals surface area contributed by atoms with Gasteiger partial charge in [-0.2, -0.15) is 4.98 Å². The molecular weight excluding hydrogens is 661 g/mol. The minimum absolute atomic E-state index is 0.0339. The second kappa shape index (κ2) is 13.9. The van der Waals surface area contributed by atoms with Gasteiger partial charge < -0.3 is 19.7 Å². The van der Waals surface area contributed by atoms with Crippen molar-refractivity contribution < 1.29 is 18.8 Å². The van der Waals surface area contributed by atoms with Gasteiger partial charge in [-0.05, 0) is 61.4 Å². The van der Waals surface area contributed by atoms with Crippen LogP contribution >= 0.6 is 0 Å². The molecule has 8 rings (SSSR count). The van der Waals surface area contributed by atoms with E-state index in [0.717, 1.165) is 79.7 Å². The average molecular weight is 708 g/mol. The monoisotopic (exact) mass is 707 g/mol. The van der Waals surface area contributed by atoms with E-state index in [9.17, 15) is 14.4 Å². The van der Waals surface area contributed by atoms with Crippen molar-refractivity contribution in [1.82, 2.24) is 34.6 Å². The number of likely N-dealkylation sites (tertiary alicyclic amines) is 1. The zero-order chi connectivity index (χ0) is 36.0. The molecule has 272 valence electrons. The lowest BCUT2D eigenvalue weighted by atomic mass is 9.84. The molecule has 4 aromatic rings. The number of halogens is 1. The molecule has 52 heavy (non-hydrogen) atoms. The topological polar surface area (TPSA) is 129 Å². The van der Waals surface area contributed by atoms with E-state index in [2.05, 4.69) is 35.0 Å². The van der Waals surface area contributed by atoms with Gasteiger partial charge >= 0.3 is 0 Å². The number of hydrogen-bond acceptors (Lipinski definition) is 9. The Labute approximate surface area is 302 Å². The average Bonchev–Trinajstić information content (AvgIpc) is 3.77. The fourth-order valence-corrected chi connectivity index (χ4v) is 8.36. The number of carbonyl (C=O) groups excluding carboxylic acids is 3. The Morgan fingerprint density at radius 3 is 2.40 bits per heavy atom. The quantitative estimate of drug-likeness (QED) is 0.227. The van der Waals surface area contributed by atoms with Gasteiger partial charge in [0.15, 0.2) is 0 Å². The van der Waals surface area contributed by atoms with E-state index in [4.69, 9.17) is 4.98 Å². The maximum Gasteiger partial charge on any atom is 0.270 e. The van der Waals surface area contributed by atoms with Crippen LogP contribution in [0.5, 0.6) is 0 Å². The number of anilines is 3. The number of amides is 3. The molecule has 1 unspecified atom stereocenters. The number of piperidine rings is 2. The second-order valence-corrected chi connectivity index (χ2v) is 15.2. The number of carbonyl (C=O) groups is 3. The van der Waals surface area contributed by atoms with Gasteiger partial charge in [0.2, 0.25) is 17.8 Å². The number of alkyl halides is 1. The lowest BCUT2D eigenvalue weighted by Gasteiger charge is -2.49. The van der Waals surface area contributed by atoms with Crippen LogP contribution in [-0.4, -0.2) is 99.0 Å². The van der Waals surface area contributed by atoms with E-state index in [1.54, 1.807) is 25.2 Å². The van der Waals surface area contributed by atoms with E-state index in [0.29, 0.717) is 55.6 Å².